The molecule has 20 heavy (non-hydrogen) atoms. The number of hydrogen-bond donors (Lipinski definition) is 3. The van der Waals surface area contributed by atoms with Gasteiger partial charge < -0.3 is 15.7 Å². The summed E-state index contributed by atoms with van der Waals surface area (Å²) in [6.07, 6.45) is 2.32. The van der Waals surface area contributed by atoms with E-state index in [4.69, 9.17) is 5.11 Å². The van der Waals surface area contributed by atoms with E-state index in [1.807, 2.05) is 26.2 Å². The van der Waals surface area contributed by atoms with Crippen LogP contribution in [0.15, 0.2) is 6.07 Å². The lowest BCUT2D eigenvalue weighted by atomic mass is 10.2. The highest BCUT2D eigenvalue weighted by atomic mass is 32.2. The minimum absolute atomic E-state index is 0.417. The average molecular weight is 316 g/mol. The van der Waals surface area contributed by atoms with Gasteiger partial charge in [-0.3, -0.25) is 0 Å². The van der Waals surface area contributed by atoms with Gasteiger partial charge in [-0.15, -0.1) is 11.3 Å². The van der Waals surface area contributed by atoms with E-state index >= 15 is 0 Å². The number of carboxylic acids is 1. The summed E-state index contributed by atoms with van der Waals surface area (Å²) in [4.78, 5) is 25.0. The Morgan fingerprint density at radius 1 is 1.45 bits per heavy atom. The van der Waals surface area contributed by atoms with Crippen LogP contribution in [0.2, 0.25) is 0 Å². The normalized spacial score (nSPS) is 11.9. The molecule has 1 heterocycles. The Hall–Kier alpha value is -1.21. The van der Waals surface area contributed by atoms with Crippen LogP contribution in [0, 0.1) is 13.8 Å². The molecule has 0 spiro atoms. The Bertz CT molecular complexity index is 455. The van der Waals surface area contributed by atoms with Crippen molar-refractivity contribution < 1.29 is 14.7 Å². The maximum absolute atomic E-state index is 11.7. The van der Waals surface area contributed by atoms with E-state index in [-0.39, 0.29) is 0 Å². The molecule has 2 amide bonds. The fraction of sp³-hybridized carbons (Fsp3) is 0.538. The molecule has 1 aromatic heterocycles. The van der Waals surface area contributed by atoms with Crippen LogP contribution in [0.3, 0.4) is 0 Å². The van der Waals surface area contributed by atoms with Crippen LogP contribution >= 0.6 is 23.1 Å². The zero-order valence-electron chi connectivity index (χ0n) is 11.9. The number of carbonyl (C=O) groups excluding carboxylic acids is 1. The van der Waals surface area contributed by atoms with Crippen LogP contribution in [0.5, 0.6) is 0 Å². The number of nitrogens with one attached hydrogen (secondary N) is 2. The highest BCUT2D eigenvalue weighted by Gasteiger charge is 2.19. The number of amides is 2. The molecule has 1 aromatic rings. The van der Waals surface area contributed by atoms with E-state index in [0.29, 0.717) is 18.7 Å². The summed E-state index contributed by atoms with van der Waals surface area (Å²) in [5, 5.41) is 14.2. The number of rotatable bonds is 7. The second-order valence-corrected chi connectivity index (χ2v) is 6.78. The summed E-state index contributed by atoms with van der Waals surface area (Å²) in [7, 11) is 0. The second kappa shape index (κ2) is 8.16. The van der Waals surface area contributed by atoms with Crippen molar-refractivity contribution in [2.24, 2.45) is 0 Å². The van der Waals surface area contributed by atoms with Gasteiger partial charge in [-0.05, 0) is 43.9 Å². The number of thioether (sulfide) groups is 1. The largest absolute Gasteiger partial charge is 0.480 e. The molecule has 0 saturated heterocycles. The van der Waals surface area contributed by atoms with Gasteiger partial charge in [0.2, 0.25) is 0 Å². The summed E-state index contributed by atoms with van der Waals surface area (Å²) in [5.41, 5.74) is 1.20. The van der Waals surface area contributed by atoms with E-state index in [9.17, 15) is 9.59 Å². The molecule has 7 heteroatoms. The standard InChI is InChI=1S/C13H20N2O3S2/c1-8-6-10(20-9(8)2)7-14-13(18)15-11(12(16)17)4-5-19-3/h6,11H,4-5,7H2,1-3H3,(H,16,17)(H2,14,15,18)/t11-/m0/s1. The highest BCUT2D eigenvalue weighted by Crippen LogP contribution is 2.20. The van der Waals surface area contributed by atoms with Crippen molar-refractivity contribution in [3.63, 3.8) is 0 Å². The molecule has 0 unspecified atom stereocenters. The number of thiophene rings is 1. The molecule has 0 aliphatic heterocycles. The molecule has 0 aromatic carbocycles. The Balaban J connectivity index is 2.43. The summed E-state index contributed by atoms with van der Waals surface area (Å²) < 4.78 is 0. The Kier molecular flexibility index (Phi) is 6.87. The van der Waals surface area contributed by atoms with Gasteiger partial charge in [0, 0.05) is 9.75 Å². The molecule has 0 fully saturated rings. The third-order valence-corrected chi connectivity index (χ3v) is 4.65. The highest BCUT2D eigenvalue weighted by molar-refractivity contribution is 7.98. The Labute approximate surface area is 127 Å². The van der Waals surface area contributed by atoms with Crippen molar-refractivity contribution in [2.45, 2.75) is 32.9 Å². The van der Waals surface area contributed by atoms with Crippen molar-refractivity contribution >= 4 is 35.1 Å². The summed E-state index contributed by atoms with van der Waals surface area (Å²) in [6.45, 7) is 4.48. The summed E-state index contributed by atoms with van der Waals surface area (Å²) >= 11 is 3.19. The molecule has 5 nitrogen and oxygen atoms in total. The molecule has 3 N–H and O–H groups in total. The van der Waals surface area contributed by atoms with Crippen molar-refractivity contribution in [2.75, 3.05) is 12.0 Å². The molecule has 112 valence electrons. The number of aliphatic carboxylic acids is 1. The van der Waals surface area contributed by atoms with E-state index in [0.717, 1.165) is 4.88 Å². The maximum atomic E-state index is 11.7. The van der Waals surface area contributed by atoms with E-state index in [1.54, 1.807) is 23.1 Å². The molecule has 1 atom stereocenters. The quantitative estimate of drug-likeness (QED) is 0.721. The molecule has 0 aliphatic rings. The first-order valence-electron chi connectivity index (χ1n) is 6.26. The average Bonchev–Trinajstić information content (AvgIpc) is 2.71. The third-order valence-electron chi connectivity index (χ3n) is 2.85. The van der Waals surface area contributed by atoms with Gasteiger partial charge in [0.1, 0.15) is 6.04 Å². The molecular weight excluding hydrogens is 296 g/mol. The topological polar surface area (TPSA) is 78.4 Å². The van der Waals surface area contributed by atoms with Gasteiger partial charge in [0.25, 0.3) is 0 Å². The lowest BCUT2D eigenvalue weighted by molar-refractivity contribution is -0.139. The van der Waals surface area contributed by atoms with E-state index < -0.39 is 18.0 Å². The molecular formula is C13H20N2O3S2. The van der Waals surface area contributed by atoms with Crippen molar-refractivity contribution in [1.29, 1.82) is 0 Å². The first kappa shape index (κ1) is 16.8. The Morgan fingerprint density at radius 2 is 2.15 bits per heavy atom. The van der Waals surface area contributed by atoms with Gasteiger partial charge in [0.15, 0.2) is 0 Å². The molecule has 0 radical (unpaired) electrons. The van der Waals surface area contributed by atoms with Crippen LogP contribution in [-0.4, -0.2) is 35.2 Å². The van der Waals surface area contributed by atoms with Crippen LogP contribution in [0.4, 0.5) is 4.79 Å². The predicted octanol–water partition coefficient (Wildman–Crippen LogP) is 2.37. The summed E-state index contributed by atoms with van der Waals surface area (Å²) in [5.74, 6) is -0.308. The van der Waals surface area contributed by atoms with E-state index in [1.165, 1.54) is 10.4 Å². The minimum atomic E-state index is -1.00. The zero-order valence-corrected chi connectivity index (χ0v) is 13.5. The SMILES string of the molecule is CSCC[C@H](NC(=O)NCc1cc(C)c(C)s1)C(=O)O. The first-order valence-corrected chi connectivity index (χ1v) is 8.47. The number of hydrogen-bond acceptors (Lipinski definition) is 4. The van der Waals surface area contributed by atoms with Crippen LogP contribution in [0.25, 0.3) is 0 Å². The van der Waals surface area contributed by atoms with E-state index in [2.05, 4.69) is 10.6 Å². The molecule has 0 aliphatic carbocycles. The van der Waals surface area contributed by atoms with Crippen molar-refractivity contribution in [1.82, 2.24) is 10.6 Å². The third kappa shape index (κ3) is 5.42. The second-order valence-electron chi connectivity index (χ2n) is 4.45. The van der Waals surface area contributed by atoms with Crippen LogP contribution < -0.4 is 10.6 Å². The predicted molar refractivity (Wildman–Crippen MR) is 83.6 cm³/mol. The van der Waals surface area contributed by atoms with Gasteiger partial charge in [0.05, 0.1) is 6.54 Å². The number of aryl methyl sites for hydroxylation is 2. The smallest absolute Gasteiger partial charge is 0.326 e. The van der Waals surface area contributed by atoms with Crippen molar-refractivity contribution in [3.05, 3.63) is 21.4 Å². The minimum Gasteiger partial charge on any atom is -0.480 e. The fourth-order valence-electron chi connectivity index (χ4n) is 1.61. The van der Waals surface area contributed by atoms with Crippen LogP contribution in [-0.2, 0) is 11.3 Å². The van der Waals surface area contributed by atoms with Gasteiger partial charge in [-0.25, -0.2) is 9.59 Å². The number of carboxylic acid groups (broad SMARTS) is 1. The monoisotopic (exact) mass is 316 g/mol. The summed E-state index contributed by atoms with van der Waals surface area (Å²) in [6, 6.07) is 0.749. The molecule has 1 rings (SSSR count). The van der Waals surface area contributed by atoms with Gasteiger partial charge in [-0.1, -0.05) is 0 Å². The maximum Gasteiger partial charge on any atom is 0.326 e. The molecule has 0 bridgehead atoms. The zero-order chi connectivity index (χ0) is 15.1. The lowest BCUT2D eigenvalue weighted by Gasteiger charge is -2.14. The first-order chi connectivity index (χ1) is 9.43. The number of carbonyl (C=O) groups is 2. The Morgan fingerprint density at radius 3 is 2.65 bits per heavy atom. The number of urea groups is 1. The van der Waals surface area contributed by atoms with Crippen molar-refractivity contribution in [3.8, 4) is 0 Å². The fourth-order valence-corrected chi connectivity index (χ4v) is 3.07. The molecule has 0 saturated carbocycles. The lowest BCUT2D eigenvalue weighted by Crippen LogP contribution is -2.46. The van der Waals surface area contributed by atoms with Gasteiger partial charge >= 0.3 is 12.0 Å². The van der Waals surface area contributed by atoms with Crippen LogP contribution in [0.1, 0.15) is 21.7 Å². The van der Waals surface area contributed by atoms with Gasteiger partial charge in [-0.2, -0.15) is 11.8 Å².